The number of H-pyrrole nitrogens is 1. The first-order valence-corrected chi connectivity index (χ1v) is 12.1. The zero-order valence-electron chi connectivity index (χ0n) is 15.8. The highest BCUT2D eigenvalue weighted by Crippen LogP contribution is 2.48. The van der Waals surface area contributed by atoms with Gasteiger partial charge >= 0.3 is 0 Å². The van der Waals surface area contributed by atoms with Crippen molar-refractivity contribution in [2.24, 2.45) is 0 Å². The van der Waals surface area contributed by atoms with Crippen molar-refractivity contribution in [2.75, 3.05) is 16.4 Å². The first kappa shape index (κ1) is 20.1. The van der Waals surface area contributed by atoms with Crippen LogP contribution in [0.15, 0.2) is 74.3 Å². The van der Waals surface area contributed by atoms with Crippen LogP contribution in [0.5, 0.6) is 0 Å². The quantitative estimate of drug-likeness (QED) is 0.432. The molecule has 0 aliphatic carbocycles. The number of benzene rings is 2. The van der Waals surface area contributed by atoms with Crippen LogP contribution in [0.3, 0.4) is 0 Å². The molecule has 4 rings (SSSR count). The van der Waals surface area contributed by atoms with Gasteiger partial charge in [-0.15, -0.1) is 0 Å². The SMILES string of the molecule is CCSCc1cc(=O)[nH]c(SCC(=O)N2c3ccccc3Sc3ccccc32)n1. The van der Waals surface area contributed by atoms with Gasteiger partial charge in [-0.2, -0.15) is 11.8 Å². The number of hydrogen-bond donors (Lipinski definition) is 1. The van der Waals surface area contributed by atoms with E-state index < -0.39 is 0 Å². The van der Waals surface area contributed by atoms with Crippen LogP contribution in [0, 0.1) is 0 Å². The van der Waals surface area contributed by atoms with Gasteiger partial charge in [0.05, 0.1) is 22.8 Å². The van der Waals surface area contributed by atoms with Crippen molar-refractivity contribution in [3.05, 3.63) is 70.6 Å². The minimum atomic E-state index is -0.188. The Morgan fingerprint density at radius 2 is 1.76 bits per heavy atom. The minimum Gasteiger partial charge on any atom is -0.301 e. The van der Waals surface area contributed by atoms with Crippen LogP contribution in [-0.4, -0.2) is 27.4 Å². The lowest BCUT2D eigenvalue weighted by Gasteiger charge is -2.30. The van der Waals surface area contributed by atoms with Crippen molar-refractivity contribution < 1.29 is 4.79 Å². The molecule has 5 nitrogen and oxygen atoms in total. The molecule has 1 aliphatic heterocycles. The molecule has 2 aromatic carbocycles. The topological polar surface area (TPSA) is 66.1 Å². The summed E-state index contributed by atoms with van der Waals surface area (Å²) in [5.74, 6) is 1.78. The summed E-state index contributed by atoms with van der Waals surface area (Å²) in [5, 5.41) is 0.477. The van der Waals surface area contributed by atoms with E-state index >= 15 is 0 Å². The Labute approximate surface area is 181 Å². The monoisotopic (exact) mass is 441 g/mol. The average molecular weight is 442 g/mol. The molecule has 0 spiro atoms. The third-order valence-electron chi connectivity index (χ3n) is 4.24. The number of nitrogens with zero attached hydrogens (tertiary/aromatic N) is 2. The zero-order chi connectivity index (χ0) is 20.2. The van der Waals surface area contributed by atoms with E-state index in [4.69, 9.17) is 0 Å². The van der Waals surface area contributed by atoms with E-state index in [0.717, 1.165) is 32.6 Å². The largest absolute Gasteiger partial charge is 0.301 e. The molecule has 0 saturated carbocycles. The highest BCUT2D eigenvalue weighted by molar-refractivity contribution is 8.00. The summed E-state index contributed by atoms with van der Waals surface area (Å²) >= 11 is 4.63. The van der Waals surface area contributed by atoms with Gasteiger partial charge in [-0.05, 0) is 30.0 Å². The molecule has 0 atom stereocenters. The highest BCUT2D eigenvalue weighted by Gasteiger charge is 2.27. The molecule has 1 aliphatic rings. The molecular weight excluding hydrogens is 422 g/mol. The molecule has 1 N–H and O–H groups in total. The highest BCUT2D eigenvalue weighted by atomic mass is 32.2. The van der Waals surface area contributed by atoms with Gasteiger partial charge in [-0.25, -0.2) is 4.98 Å². The zero-order valence-corrected chi connectivity index (χ0v) is 18.2. The standard InChI is InChI=1S/C21H19N3O2S3/c1-2-27-12-14-11-19(25)23-21(22-14)28-13-20(26)24-15-7-3-5-9-17(15)29-18-10-6-4-8-16(18)24/h3-11H,2,12-13H2,1H3,(H,22,23,25). The molecule has 3 aromatic rings. The van der Waals surface area contributed by atoms with E-state index in [1.807, 2.05) is 48.5 Å². The van der Waals surface area contributed by atoms with Crippen molar-refractivity contribution in [1.29, 1.82) is 0 Å². The van der Waals surface area contributed by atoms with Crippen LogP contribution >= 0.6 is 35.3 Å². The molecule has 1 aromatic heterocycles. The minimum absolute atomic E-state index is 0.0498. The second-order valence-corrected chi connectivity index (χ2v) is 9.56. The Bertz CT molecular complexity index is 1050. The maximum absolute atomic E-state index is 13.2. The van der Waals surface area contributed by atoms with Gasteiger partial charge < -0.3 is 4.98 Å². The summed E-state index contributed by atoms with van der Waals surface area (Å²) in [6.07, 6.45) is 0. The van der Waals surface area contributed by atoms with E-state index in [2.05, 4.69) is 16.9 Å². The third kappa shape index (κ3) is 4.55. The van der Waals surface area contributed by atoms with E-state index in [1.165, 1.54) is 17.8 Å². The summed E-state index contributed by atoms with van der Waals surface area (Å²) < 4.78 is 0. The van der Waals surface area contributed by atoms with Crippen molar-refractivity contribution in [3.63, 3.8) is 0 Å². The molecule has 8 heteroatoms. The van der Waals surface area contributed by atoms with Crippen molar-refractivity contribution >= 4 is 52.6 Å². The van der Waals surface area contributed by atoms with Crippen molar-refractivity contribution in [3.8, 4) is 0 Å². The van der Waals surface area contributed by atoms with Crippen LogP contribution in [0.2, 0.25) is 0 Å². The summed E-state index contributed by atoms with van der Waals surface area (Å²) in [7, 11) is 0. The fourth-order valence-electron chi connectivity index (χ4n) is 3.00. The molecule has 148 valence electrons. The molecule has 29 heavy (non-hydrogen) atoms. The number of aromatic amines is 1. The molecule has 0 bridgehead atoms. The number of amides is 1. The Morgan fingerprint density at radius 3 is 2.41 bits per heavy atom. The number of hydrogen-bond acceptors (Lipinski definition) is 6. The maximum Gasteiger partial charge on any atom is 0.251 e. The van der Waals surface area contributed by atoms with Crippen LogP contribution < -0.4 is 10.5 Å². The van der Waals surface area contributed by atoms with Gasteiger partial charge in [0.15, 0.2) is 5.16 Å². The first-order valence-electron chi connectivity index (χ1n) is 9.15. The number of thioether (sulfide) groups is 2. The first-order chi connectivity index (χ1) is 14.2. The number of fused-ring (bicyclic) bond motifs is 2. The van der Waals surface area contributed by atoms with Crippen molar-refractivity contribution in [1.82, 2.24) is 9.97 Å². The predicted octanol–water partition coefficient (Wildman–Crippen LogP) is 4.94. The number of carbonyl (C=O) groups excluding carboxylic acids is 1. The smallest absolute Gasteiger partial charge is 0.251 e. The molecular formula is C21H19N3O2S3. The number of rotatable bonds is 6. The molecule has 0 unspecified atom stereocenters. The van der Waals surface area contributed by atoms with Crippen LogP contribution in [0.25, 0.3) is 0 Å². The maximum atomic E-state index is 13.2. The van der Waals surface area contributed by atoms with E-state index in [9.17, 15) is 9.59 Å². The number of nitrogens with one attached hydrogen (secondary N) is 1. The number of para-hydroxylation sites is 2. The van der Waals surface area contributed by atoms with Crippen LogP contribution in [-0.2, 0) is 10.5 Å². The number of carbonyl (C=O) groups is 1. The Kier molecular flexibility index (Phi) is 6.32. The van der Waals surface area contributed by atoms with Gasteiger partial charge in [-0.1, -0.05) is 54.7 Å². The van der Waals surface area contributed by atoms with Gasteiger partial charge in [0.25, 0.3) is 5.56 Å². The lowest BCUT2D eigenvalue weighted by molar-refractivity contribution is -0.115. The fourth-order valence-corrected chi connectivity index (χ4v) is 5.36. The lowest BCUT2D eigenvalue weighted by atomic mass is 10.2. The van der Waals surface area contributed by atoms with Gasteiger partial charge in [0.1, 0.15) is 0 Å². The van der Waals surface area contributed by atoms with Crippen LogP contribution in [0.1, 0.15) is 12.6 Å². The summed E-state index contributed by atoms with van der Waals surface area (Å²) in [5.41, 5.74) is 2.32. The summed E-state index contributed by atoms with van der Waals surface area (Å²) in [6.45, 7) is 2.07. The molecule has 2 heterocycles. The molecule has 0 radical (unpaired) electrons. The normalized spacial score (nSPS) is 12.4. The van der Waals surface area contributed by atoms with E-state index in [0.29, 0.717) is 10.9 Å². The Morgan fingerprint density at radius 1 is 1.10 bits per heavy atom. The lowest BCUT2D eigenvalue weighted by Crippen LogP contribution is -2.30. The summed E-state index contributed by atoms with van der Waals surface area (Å²) in [6, 6.07) is 17.3. The summed E-state index contributed by atoms with van der Waals surface area (Å²) in [4.78, 5) is 36.2. The third-order valence-corrected chi connectivity index (χ3v) is 7.14. The number of anilines is 2. The van der Waals surface area contributed by atoms with Gasteiger partial charge in [0, 0.05) is 21.6 Å². The molecule has 0 fully saturated rings. The molecule has 0 saturated heterocycles. The number of aromatic nitrogens is 2. The fraction of sp³-hybridized carbons (Fsp3) is 0.190. The van der Waals surface area contributed by atoms with E-state index in [-0.39, 0.29) is 17.2 Å². The Hall–Kier alpha value is -2.16. The average Bonchev–Trinajstić information content (AvgIpc) is 2.74. The second kappa shape index (κ2) is 9.11. The second-order valence-electron chi connectivity index (χ2n) is 6.23. The molecule has 1 amide bonds. The van der Waals surface area contributed by atoms with Gasteiger partial charge in [-0.3, -0.25) is 14.5 Å². The van der Waals surface area contributed by atoms with Crippen molar-refractivity contribution in [2.45, 2.75) is 27.6 Å². The predicted molar refractivity (Wildman–Crippen MR) is 122 cm³/mol. The van der Waals surface area contributed by atoms with Gasteiger partial charge in [0.2, 0.25) is 5.91 Å². The van der Waals surface area contributed by atoms with Crippen LogP contribution in [0.4, 0.5) is 11.4 Å². The van der Waals surface area contributed by atoms with E-state index in [1.54, 1.807) is 28.4 Å². The Balaban J connectivity index is 1.57.